The number of carbonyl (C=O) groups is 3. The van der Waals surface area contributed by atoms with Gasteiger partial charge < -0.3 is 14.2 Å². The molecule has 0 aromatic rings. The molecule has 0 aromatic heterocycles. The monoisotopic (exact) mass is 919 g/mol. The number of rotatable bonds is 54. The predicted octanol–water partition coefficient (Wildman–Crippen LogP) is 19.4. The number of hydrogen-bond acceptors (Lipinski definition) is 6. The quantitative estimate of drug-likeness (QED) is 0.0344. The number of ether oxygens (including phenoxy) is 3. The van der Waals surface area contributed by atoms with Gasteiger partial charge in [-0.3, -0.25) is 14.4 Å². The van der Waals surface area contributed by atoms with E-state index in [0.29, 0.717) is 19.3 Å². The van der Waals surface area contributed by atoms with Crippen LogP contribution in [0.3, 0.4) is 0 Å². The lowest BCUT2D eigenvalue weighted by molar-refractivity contribution is -0.167. The third-order valence-corrected chi connectivity index (χ3v) is 13.5. The van der Waals surface area contributed by atoms with Crippen LogP contribution in [-0.4, -0.2) is 37.2 Å². The minimum absolute atomic E-state index is 0.0616. The summed E-state index contributed by atoms with van der Waals surface area (Å²) in [4.78, 5) is 38.1. The van der Waals surface area contributed by atoms with Crippen molar-refractivity contribution in [2.24, 2.45) is 5.92 Å². The minimum Gasteiger partial charge on any atom is -0.462 e. The second kappa shape index (κ2) is 53.4. The van der Waals surface area contributed by atoms with E-state index in [9.17, 15) is 14.4 Å². The Hall–Kier alpha value is -1.59. The Labute approximate surface area is 406 Å². The van der Waals surface area contributed by atoms with E-state index in [2.05, 4.69) is 27.7 Å². The van der Waals surface area contributed by atoms with Gasteiger partial charge in [0.2, 0.25) is 0 Å². The highest BCUT2D eigenvalue weighted by Crippen LogP contribution is 2.18. The molecule has 0 N–H and O–H groups in total. The van der Waals surface area contributed by atoms with Gasteiger partial charge in [0.25, 0.3) is 0 Å². The number of hydrogen-bond donors (Lipinski definition) is 0. The Kier molecular flexibility index (Phi) is 52.1. The lowest BCUT2D eigenvalue weighted by Crippen LogP contribution is -2.30. The van der Waals surface area contributed by atoms with E-state index in [4.69, 9.17) is 14.2 Å². The second-order valence-corrected chi connectivity index (χ2v) is 20.8. The van der Waals surface area contributed by atoms with Gasteiger partial charge in [-0.2, -0.15) is 0 Å². The van der Waals surface area contributed by atoms with Gasteiger partial charge in [-0.15, -0.1) is 0 Å². The first-order valence-corrected chi connectivity index (χ1v) is 29.4. The highest BCUT2D eigenvalue weighted by Gasteiger charge is 2.19. The Morgan fingerprint density at radius 1 is 0.292 bits per heavy atom. The highest BCUT2D eigenvalue weighted by molar-refractivity contribution is 5.71. The Balaban J connectivity index is 4.27. The molecule has 0 aliphatic carbocycles. The van der Waals surface area contributed by atoms with Crippen LogP contribution in [-0.2, 0) is 28.6 Å². The molecule has 0 radical (unpaired) electrons. The van der Waals surface area contributed by atoms with Gasteiger partial charge in [0.15, 0.2) is 6.10 Å². The van der Waals surface area contributed by atoms with Crippen LogP contribution in [0.5, 0.6) is 0 Å². The fourth-order valence-electron chi connectivity index (χ4n) is 9.10. The van der Waals surface area contributed by atoms with Crippen LogP contribution in [0.2, 0.25) is 0 Å². The fraction of sp³-hybridized carbons (Fsp3) is 0.949. The summed E-state index contributed by atoms with van der Waals surface area (Å²) in [6, 6.07) is 0. The van der Waals surface area contributed by atoms with Crippen molar-refractivity contribution >= 4 is 17.9 Å². The molecule has 6 nitrogen and oxygen atoms in total. The molecular weight excluding hydrogens is 805 g/mol. The molecule has 0 aromatic carbocycles. The first-order valence-electron chi connectivity index (χ1n) is 29.4. The van der Waals surface area contributed by atoms with Crippen molar-refractivity contribution in [3.05, 3.63) is 0 Å². The topological polar surface area (TPSA) is 78.9 Å². The number of carbonyl (C=O) groups excluding carboxylic acids is 3. The standard InChI is InChI=1S/C59H114O6/c1-5-7-9-11-13-15-17-19-26-30-34-38-42-46-50-57(60)63-53-56(65-59(62)52-48-44-40-36-32-27-20-18-16-14-12-10-8-6-2)54-64-58(61)51-47-43-39-35-31-28-24-22-21-23-25-29-33-37-41-45-49-55(3)4/h55-56H,5-54H2,1-4H3/t56-/m0/s1. The van der Waals surface area contributed by atoms with Gasteiger partial charge in [-0.05, 0) is 25.2 Å². The first kappa shape index (κ1) is 63.4. The fourth-order valence-corrected chi connectivity index (χ4v) is 9.10. The summed E-state index contributed by atoms with van der Waals surface area (Å²) in [6.45, 7) is 9.07. The molecule has 1 atom stereocenters. The summed E-state index contributed by atoms with van der Waals surface area (Å²) in [5.74, 6) is 0.0195. The number of esters is 3. The molecule has 0 aliphatic rings. The molecule has 0 aliphatic heterocycles. The third-order valence-electron chi connectivity index (χ3n) is 13.5. The molecule has 65 heavy (non-hydrogen) atoms. The average Bonchev–Trinajstić information content (AvgIpc) is 3.29. The van der Waals surface area contributed by atoms with Gasteiger partial charge in [0.05, 0.1) is 0 Å². The number of unbranched alkanes of at least 4 members (excludes halogenated alkanes) is 41. The summed E-state index contributed by atoms with van der Waals surface area (Å²) in [5, 5.41) is 0. The van der Waals surface area contributed by atoms with E-state index in [0.717, 1.165) is 63.7 Å². The summed E-state index contributed by atoms with van der Waals surface area (Å²) in [6.07, 6.45) is 58.0. The maximum Gasteiger partial charge on any atom is 0.306 e. The lowest BCUT2D eigenvalue weighted by Gasteiger charge is -2.18. The molecule has 0 bridgehead atoms. The van der Waals surface area contributed by atoms with Crippen LogP contribution in [0.4, 0.5) is 0 Å². The average molecular weight is 920 g/mol. The van der Waals surface area contributed by atoms with E-state index < -0.39 is 6.10 Å². The van der Waals surface area contributed by atoms with Gasteiger partial charge >= 0.3 is 17.9 Å². The van der Waals surface area contributed by atoms with Crippen molar-refractivity contribution in [1.82, 2.24) is 0 Å². The van der Waals surface area contributed by atoms with Crippen LogP contribution in [0.1, 0.15) is 336 Å². The molecule has 0 amide bonds. The van der Waals surface area contributed by atoms with Gasteiger partial charge in [0, 0.05) is 19.3 Å². The van der Waals surface area contributed by atoms with E-state index in [1.54, 1.807) is 0 Å². The molecule has 0 heterocycles. The second-order valence-electron chi connectivity index (χ2n) is 20.8. The Morgan fingerprint density at radius 3 is 0.754 bits per heavy atom. The summed E-state index contributed by atoms with van der Waals surface area (Å²) < 4.78 is 16.9. The van der Waals surface area contributed by atoms with Gasteiger partial charge in [-0.1, -0.05) is 297 Å². The smallest absolute Gasteiger partial charge is 0.306 e. The molecule has 0 saturated carbocycles. The summed E-state index contributed by atoms with van der Waals surface area (Å²) in [5.41, 5.74) is 0. The van der Waals surface area contributed by atoms with E-state index in [-0.39, 0.29) is 31.1 Å². The lowest BCUT2D eigenvalue weighted by atomic mass is 10.0. The summed E-state index contributed by atoms with van der Waals surface area (Å²) >= 11 is 0. The van der Waals surface area contributed by atoms with E-state index in [1.165, 1.54) is 231 Å². The van der Waals surface area contributed by atoms with Crippen LogP contribution in [0, 0.1) is 5.92 Å². The van der Waals surface area contributed by atoms with E-state index >= 15 is 0 Å². The Bertz CT molecular complexity index is 980. The van der Waals surface area contributed by atoms with Gasteiger partial charge in [0.1, 0.15) is 13.2 Å². The van der Waals surface area contributed by atoms with Crippen LogP contribution in [0.15, 0.2) is 0 Å². The van der Waals surface area contributed by atoms with Crippen molar-refractivity contribution in [2.45, 2.75) is 342 Å². The van der Waals surface area contributed by atoms with Crippen molar-refractivity contribution in [2.75, 3.05) is 13.2 Å². The maximum atomic E-state index is 12.8. The van der Waals surface area contributed by atoms with Crippen molar-refractivity contribution in [1.29, 1.82) is 0 Å². The minimum atomic E-state index is -0.761. The van der Waals surface area contributed by atoms with E-state index in [1.807, 2.05) is 0 Å². The van der Waals surface area contributed by atoms with Gasteiger partial charge in [-0.25, -0.2) is 0 Å². The molecule has 0 saturated heterocycles. The normalized spacial score (nSPS) is 12.0. The molecule has 0 rings (SSSR count). The van der Waals surface area contributed by atoms with Crippen molar-refractivity contribution < 1.29 is 28.6 Å². The predicted molar refractivity (Wildman–Crippen MR) is 280 cm³/mol. The zero-order chi connectivity index (χ0) is 47.4. The highest BCUT2D eigenvalue weighted by atomic mass is 16.6. The molecule has 0 unspecified atom stereocenters. The summed E-state index contributed by atoms with van der Waals surface area (Å²) in [7, 11) is 0. The first-order chi connectivity index (χ1) is 31.9. The molecular formula is C59H114O6. The third kappa shape index (κ3) is 53.2. The van der Waals surface area contributed by atoms with Crippen LogP contribution >= 0.6 is 0 Å². The van der Waals surface area contributed by atoms with Crippen LogP contribution in [0.25, 0.3) is 0 Å². The Morgan fingerprint density at radius 2 is 0.508 bits per heavy atom. The molecule has 0 spiro atoms. The maximum absolute atomic E-state index is 12.8. The molecule has 0 fully saturated rings. The van der Waals surface area contributed by atoms with Crippen molar-refractivity contribution in [3.8, 4) is 0 Å². The van der Waals surface area contributed by atoms with Crippen molar-refractivity contribution in [3.63, 3.8) is 0 Å². The molecule has 386 valence electrons. The molecule has 6 heteroatoms. The largest absolute Gasteiger partial charge is 0.462 e. The zero-order valence-corrected chi connectivity index (χ0v) is 44.5. The van der Waals surface area contributed by atoms with Crippen LogP contribution < -0.4 is 0 Å². The zero-order valence-electron chi connectivity index (χ0n) is 44.5. The SMILES string of the molecule is CCCCCCCCCCCCCCCCC(=O)OC[C@@H](COC(=O)CCCCCCCCCCCCCCCCCCC(C)C)OC(=O)CCCCCCCCCCCCCCCC.